The second-order valence-corrected chi connectivity index (χ2v) is 15.2. The molecular weight excluding hydrogens is 725 g/mol. The largest absolute Gasteiger partial charge is 0.748 e. The number of hydrogen-bond donors (Lipinski definition) is 2. The van der Waals surface area contributed by atoms with Crippen LogP contribution in [0.15, 0.2) is 41.4 Å². The minimum Gasteiger partial charge on any atom is -0.748 e. The molecule has 0 saturated carbocycles. The first-order valence-corrected chi connectivity index (χ1v) is 17.9. The zero-order chi connectivity index (χ0) is 38.7. The maximum atomic E-state index is 11.5. The van der Waals surface area contributed by atoms with E-state index in [2.05, 4.69) is 9.18 Å². The SMILES string of the molecule is C.C.CC1=Nc2cccc(C(=O)O)c2C1(C)C.CC1=[N+](CCCS(=O)(=O)[O-])c2cccc(C(=O)O)c2C1(C)C.O=C=O.O=C=O.O=S1(=O)CCCO1. The fourth-order valence-electron chi connectivity index (χ4n) is 5.44. The summed E-state index contributed by atoms with van der Waals surface area (Å²) in [6.45, 7) is 12.5. The van der Waals surface area contributed by atoms with Crippen LogP contribution in [0, 0.1) is 0 Å². The molecule has 2 aromatic carbocycles. The Bertz CT molecular complexity index is 1930. The van der Waals surface area contributed by atoms with Crippen molar-refractivity contribution in [2.24, 2.45) is 4.99 Å². The van der Waals surface area contributed by atoms with Gasteiger partial charge in [0.05, 0.1) is 50.3 Å². The van der Waals surface area contributed by atoms with Crippen LogP contribution in [0.4, 0.5) is 11.4 Å². The molecule has 0 bridgehead atoms. The van der Waals surface area contributed by atoms with Gasteiger partial charge < -0.3 is 14.8 Å². The molecule has 1 saturated heterocycles. The van der Waals surface area contributed by atoms with Gasteiger partial charge in [0.25, 0.3) is 10.1 Å². The third kappa shape index (κ3) is 12.8. The molecule has 0 radical (unpaired) electrons. The highest BCUT2D eigenvalue weighted by atomic mass is 32.2. The van der Waals surface area contributed by atoms with Crippen molar-refractivity contribution in [2.75, 3.05) is 24.7 Å². The maximum absolute atomic E-state index is 11.5. The minimum absolute atomic E-state index is 0. The molecule has 0 aromatic heterocycles. The zero-order valence-electron chi connectivity index (χ0n) is 28.2. The van der Waals surface area contributed by atoms with Gasteiger partial charge in [0, 0.05) is 41.9 Å². The Hall–Kier alpha value is -4.70. The van der Waals surface area contributed by atoms with Crippen LogP contribution in [0.2, 0.25) is 0 Å². The third-order valence-electron chi connectivity index (χ3n) is 8.17. The van der Waals surface area contributed by atoms with Crippen molar-refractivity contribution in [2.45, 2.75) is 80.1 Å². The Balaban J connectivity index is 0. The predicted octanol–water partition coefficient (Wildman–Crippen LogP) is 4.33. The normalized spacial score (nSPS) is 16.1. The van der Waals surface area contributed by atoms with Crippen LogP contribution in [0.25, 0.3) is 0 Å². The Labute approximate surface area is 304 Å². The number of fused-ring (bicyclic) bond motifs is 2. The van der Waals surface area contributed by atoms with E-state index >= 15 is 0 Å². The summed E-state index contributed by atoms with van der Waals surface area (Å²) in [6.07, 6.45) is 1.36. The zero-order valence-corrected chi connectivity index (χ0v) is 29.8. The second-order valence-electron chi connectivity index (χ2n) is 11.9. The Morgan fingerprint density at radius 2 is 1.38 bits per heavy atom. The number of nitrogens with zero attached hydrogens (tertiary/aromatic N) is 2. The Morgan fingerprint density at radius 3 is 1.79 bits per heavy atom. The van der Waals surface area contributed by atoms with Crippen molar-refractivity contribution in [3.8, 4) is 0 Å². The van der Waals surface area contributed by atoms with Gasteiger partial charge in [-0.25, -0.2) is 18.0 Å². The Morgan fingerprint density at radius 1 is 0.904 bits per heavy atom. The highest BCUT2D eigenvalue weighted by molar-refractivity contribution is 7.86. The lowest BCUT2D eigenvalue weighted by molar-refractivity contribution is -0.438. The van der Waals surface area contributed by atoms with E-state index in [4.69, 9.17) is 24.3 Å². The molecule has 5 rings (SSSR count). The van der Waals surface area contributed by atoms with E-state index in [0.717, 1.165) is 33.9 Å². The molecule has 16 nitrogen and oxygen atoms in total. The molecule has 3 aliphatic heterocycles. The number of carbonyl (C=O) groups excluding carboxylic acids is 4. The van der Waals surface area contributed by atoms with Crippen molar-refractivity contribution in [3.63, 3.8) is 0 Å². The molecule has 0 spiro atoms. The number of benzene rings is 2. The molecule has 2 N–H and O–H groups in total. The number of aliphatic imine (C=N–C) groups is 1. The summed E-state index contributed by atoms with van der Waals surface area (Å²) in [4.78, 5) is 59.5. The molecule has 0 aliphatic carbocycles. The average Bonchev–Trinajstić information content (AvgIpc) is 3.58. The van der Waals surface area contributed by atoms with Gasteiger partial charge in [-0.1, -0.05) is 40.8 Å². The van der Waals surface area contributed by atoms with Crippen LogP contribution in [-0.4, -0.2) is 96.5 Å². The van der Waals surface area contributed by atoms with Crippen LogP contribution in [-0.2, 0) is 54.4 Å². The van der Waals surface area contributed by atoms with Crippen LogP contribution in [0.5, 0.6) is 0 Å². The first-order chi connectivity index (χ1) is 23.0. The number of aromatic carboxylic acids is 2. The van der Waals surface area contributed by atoms with E-state index in [1.54, 1.807) is 24.3 Å². The van der Waals surface area contributed by atoms with Crippen LogP contribution >= 0.6 is 0 Å². The molecule has 1 fully saturated rings. The Kier molecular flexibility index (Phi) is 19.4. The highest BCUT2D eigenvalue weighted by Crippen LogP contribution is 2.42. The summed E-state index contributed by atoms with van der Waals surface area (Å²) in [5.74, 6) is -2.09. The molecular formula is C34H46N2O14S2. The lowest BCUT2D eigenvalue weighted by Crippen LogP contribution is -2.28. The van der Waals surface area contributed by atoms with Crippen molar-refractivity contribution in [3.05, 3.63) is 58.7 Å². The van der Waals surface area contributed by atoms with E-state index in [1.165, 1.54) is 0 Å². The summed E-state index contributed by atoms with van der Waals surface area (Å²) >= 11 is 0. The summed E-state index contributed by atoms with van der Waals surface area (Å²) < 4.78 is 58.9. The molecule has 2 aromatic rings. The van der Waals surface area contributed by atoms with Gasteiger partial charge in [-0.3, -0.25) is 9.18 Å². The maximum Gasteiger partial charge on any atom is 0.373 e. The van der Waals surface area contributed by atoms with E-state index in [9.17, 15) is 36.1 Å². The molecule has 3 heterocycles. The van der Waals surface area contributed by atoms with Gasteiger partial charge in [0.2, 0.25) is 5.69 Å². The van der Waals surface area contributed by atoms with Crippen LogP contribution < -0.4 is 0 Å². The van der Waals surface area contributed by atoms with Crippen molar-refractivity contribution in [1.82, 2.24) is 0 Å². The van der Waals surface area contributed by atoms with Gasteiger partial charge in [-0.05, 0) is 45.4 Å². The monoisotopic (exact) mass is 770 g/mol. The van der Waals surface area contributed by atoms with Gasteiger partial charge in [-0.15, -0.1) is 0 Å². The number of carboxylic acid groups (broad SMARTS) is 2. The van der Waals surface area contributed by atoms with Gasteiger partial charge in [-0.2, -0.15) is 32.2 Å². The topological polar surface area (TPSA) is 259 Å². The second kappa shape index (κ2) is 20.4. The number of carbonyl (C=O) groups is 2. The standard InChI is InChI=1S/C15H19NO5S.C12H13NO2.C3H6O3S.2CO2.2CH4/c1-10-15(2,3)13-11(14(17)18)6-4-7-12(13)16(10)8-5-9-22(19,20)21;1-7-12(2,3)10-8(11(14)15)5-4-6-9(10)13-7;4-7(5)3-1-2-6-7;2*2-1-3;;/h4,6-7H,5,8-9H2,1-3H3,(H-,17,18,19,20,21);4-6H,1-3H3,(H,14,15);1-3H2;;;2*1H4. The molecule has 0 atom stereocenters. The molecule has 18 heteroatoms. The summed E-state index contributed by atoms with van der Waals surface area (Å²) in [7, 11) is -7.29. The average molecular weight is 771 g/mol. The molecule has 0 amide bonds. The predicted molar refractivity (Wildman–Crippen MR) is 188 cm³/mol. The van der Waals surface area contributed by atoms with E-state index in [0.29, 0.717) is 25.1 Å². The van der Waals surface area contributed by atoms with Crippen molar-refractivity contribution < 1.29 is 69.1 Å². The van der Waals surface area contributed by atoms with E-state index in [1.807, 2.05) is 58.3 Å². The van der Waals surface area contributed by atoms with Crippen molar-refractivity contribution in [1.29, 1.82) is 0 Å². The summed E-state index contributed by atoms with van der Waals surface area (Å²) in [5.41, 5.74) is 4.90. The highest BCUT2D eigenvalue weighted by Gasteiger charge is 2.45. The van der Waals surface area contributed by atoms with Gasteiger partial charge >= 0.3 is 24.2 Å². The smallest absolute Gasteiger partial charge is 0.373 e. The quantitative estimate of drug-likeness (QED) is 0.236. The van der Waals surface area contributed by atoms with Crippen LogP contribution in [0.3, 0.4) is 0 Å². The number of carboxylic acids is 2. The van der Waals surface area contributed by atoms with Crippen LogP contribution in [0.1, 0.15) is 101 Å². The molecule has 288 valence electrons. The van der Waals surface area contributed by atoms with Gasteiger partial charge in [0.1, 0.15) is 6.54 Å². The first kappa shape index (κ1) is 49.4. The third-order valence-corrected chi connectivity index (χ3v) is 10.3. The lowest BCUT2D eigenvalue weighted by atomic mass is 9.79. The number of hydrogen-bond acceptors (Lipinski definition) is 13. The van der Waals surface area contributed by atoms with Crippen molar-refractivity contribution >= 4 is 67.3 Å². The fraction of sp³-hybridized carbons (Fsp3) is 0.471. The summed E-state index contributed by atoms with van der Waals surface area (Å²) in [6, 6.07) is 10.3. The van der Waals surface area contributed by atoms with E-state index < -0.39 is 43.3 Å². The first-order valence-electron chi connectivity index (χ1n) is 14.7. The molecule has 3 aliphatic rings. The van der Waals surface area contributed by atoms with E-state index in [-0.39, 0.29) is 50.3 Å². The lowest BCUT2D eigenvalue weighted by Gasteiger charge is -2.21. The fourth-order valence-corrected chi connectivity index (χ4v) is 6.88. The molecule has 0 unspecified atom stereocenters. The minimum atomic E-state index is -4.24. The molecule has 52 heavy (non-hydrogen) atoms. The summed E-state index contributed by atoms with van der Waals surface area (Å²) in [5, 5.41) is 18.5. The van der Waals surface area contributed by atoms with Gasteiger partial charge in [0.15, 0.2) is 5.71 Å². The number of rotatable bonds is 6.